The predicted molar refractivity (Wildman–Crippen MR) is 80.8 cm³/mol. The Morgan fingerprint density at radius 3 is 2.50 bits per heavy atom. The quantitative estimate of drug-likeness (QED) is 0.514. The molecule has 1 rings (SSSR count). The minimum absolute atomic E-state index is 1.15. The first-order valence-electron chi connectivity index (χ1n) is 7.33. The molecule has 0 saturated carbocycles. The molecule has 0 fully saturated rings. The van der Waals surface area contributed by atoms with Crippen molar-refractivity contribution >= 4 is 0 Å². The van der Waals surface area contributed by atoms with Crippen LogP contribution in [0.1, 0.15) is 57.9 Å². The lowest BCUT2D eigenvalue weighted by molar-refractivity contribution is 0.750. The Balaban J connectivity index is 2.53. The van der Waals surface area contributed by atoms with Crippen LogP contribution < -0.4 is 0 Å². The van der Waals surface area contributed by atoms with Crippen molar-refractivity contribution in [3.8, 4) is 0 Å². The Morgan fingerprint density at radius 2 is 1.83 bits per heavy atom. The monoisotopic (exact) mass is 242 g/mol. The molecule has 0 radical (unpaired) electrons. The highest BCUT2D eigenvalue weighted by molar-refractivity contribution is 5.16. The Morgan fingerprint density at radius 1 is 1.06 bits per heavy atom. The van der Waals surface area contributed by atoms with Crippen LogP contribution in [0.3, 0.4) is 0 Å². The summed E-state index contributed by atoms with van der Waals surface area (Å²) in [5.74, 6) is 0. The molecule has 18 heavy (non-hydrogen) atoms. The molecule has 0 heterocycles. The maximum absolute atomic E-state index is 3.52. The third-order valence-corrected chi connectivity index (χ3v) is 3.13. The van der Waals surface area contributed by atoms with Gasteiger partial charge in [0.15, 0.2) is 0 Å². The summed E-state index contributed by atoms with van der Waals surface area (Å²) >= 11 is 0. The molecule has 1 aromatic rings. The van der Waals surface area contributed by atoms with Gasteiger partial charge in [0, 0.05) is 0 Å². The van der Waals surface area contributed by atoms with Gasteiger partial charge in [0.05, 0.1) is 0 Å². The van der Waals surface area contributed by atoms with Gasteiger partial charge in [-0.15, -0.1) is 5.73 Å². The second-order valence-electron chi connectivity index (χ2n) is 4.83. The maximum Gasteiger partial charge on any atom is -0.0203 e. The molecule has 0 aliphatic rings. The van der Waals surface area contributed by atoms with E-state index < -0.39 is 0 Å². The lowest BCUT2D eigenvalue weighted by atomic mass is 10.0. The van der Waals surface area contributed by atoms with Crippen LogP contribution in [0.4, 0.5) is 0 Å². The number of benzene rings is 1. The molecule has 0 nitrogen and oxygen atoms in total. The van der Waals surface area contributed by atoms with Crippen LogP contribution in [-0.2, 0) is 6.42 Å². The molecule has 0 aromatic heterocycles. The molecule has 0 unspecified atom stereocenters. The maximum atomic E-state index is 3.52. The highest BCUT2D eigenvalue weighted by Gasteiger charge is 1.98. The van der Waals surface area contributed by atoms with E-state index in [2.05, 4.69) is 56.0 Å². The molecule has 1 aromatic carbocycles. The normalized spacial score (nSPS) is 9.89. The molecule has 0 saturated heterocycles. The zero-order valence-corrected chi connectivity index (χ0v) is 11.9. The molecule has 0 aliphatic heterocycles. The van der Waals surface area contributed by atoms with E-state index in [4.69, 9.17) is 0 Å². The summed E-state index contributed by atoms with van der Waals surface area (Å²) < 4.78 is 0. The number of allylic oxidation sites excluding steroid dienone is 1. The van der Waals surface area contributed by atoms with Crippen molar-refractivity contribution in [2.24, 2.45) is 0 Å². The van der Waals surface area contributed by atoms with Crippen LogP contribution in [-0.4, -0.2) is 0 Å². The highest BCUT2D eigenvalue weighted by atomic mass is 14.0. The number of hydrogen-bond donors (Lipinski definition) is 0. The van der Waals surface area contributed by atoms with Crippen LogP contribution in [0, 0.1) is 0 Å². The molecule has 0 spiro atoms. The third kappa shape index (κ3) is 6.47. The Kier molecular flexibility index (Phi) is 8.01. The average Bonchev–Trinajstić information content (AvgIpc) is 2.42. The van der Waals surface area contributed by atoms with Crippen molar-refractivity contribution in [3.05, 3.63) is 53.3 Å². The zero-order valence-electron chi connectivity index (χ0n) is 11.9. The van der Waals surface area contributed by atoms with E-state index in [-0.39, 0.29) is 0 Å². The Bertz CT molecular complexity index is 366. The second kappa shape index (κ2) is 9.74. The van der Waals surface area contributed by atoms with Crippen LogP contribution in [0.25, 0.3) is 0 Å². The molecule has 0 bridgehead atoms. The lowest BCUT2D eigenvalue weighted by Gasteiger charge is -2.04. The van der Waals surface area contributed by atoms with Crippen LogP contribution >= 0.6 is 0 Å². The number of hydrogen-bond acceptors (Lipinski definition) is 0. The van der Waals surface area contributed by atoms with Gasteiger partial charge >= 0.3 is 0 Å². The Hall–Kier alpha value is -1.26. The standard InChI is InChI=1S/C18H26/c1-3-5-8-12-17(11-6-4-2)15-16-18-13-9-7-10-14-18/h7-10,13-14H,3-6,11,15-16H2,1-2H3. The fourth-order valence-corrected chi connectivity index (χ4v) is 1.96. The van der Waals surface area contributed by atoms with Crippen LogP contribution in [0.2, 0.25) is 0 Å². The smallest absolute Gasteiger partial charge is 0.0203 e. The minimum atomic E-state index is 1.15. The summed E-state index contributed by atoms with van der Waals surface area (Å²) in [4.78, 5) is 0. The Labute approximate surface area is 112 Å². The first-order valence-corrected chi connectivity index (χ1v) is 7.33. The third-order valence-electron chi connectivity index (χ3n) is 3.13. The largest absolute Gasteiger partial charge is 0.126 e. The second-order valence-corrected chi connectivity index (χ2v) is 4.83. The van der Waals surface area contributed by atoms with Crippen molar-refractivity contribution in [2.75, 3.05) is 0 Å². The summed E-state index contributed by atoms with van der Waals surface area (Å²) in [6.07, 6.45) is 10.7. The van der Waals surface area contributed by atoms with Gasteiger partial charge in [0.1, 0.15) is 0 Å². The lowest BCUT2D eigenvalue weighted by Crippen LogP contribution is -1.89. The van der Waals surface area contributed by atoms with E-state index in [0.717, 1.165) is 19.3 Å². The number of rotatable bonds is 8. The first-order chi connectivity index (χ1) is 8.86. The van der Waals surface area contributed by atoms with Gasteiger partial charge in [-0.25, -0.2) is 0 Å². The minimum Gasteiger partial charge on any atom is -0.126 e. The molecule has 0 heteroatoms. The summed E-state index contributed by atoms with van der Waals surface area (Å²) in [5.41, 5.74) is 6.45. The molecule has 0 aliphatic carbocycles. The molecular formula is C18H26. The number of unbranched alkanes of at least 4 members (excludes halogenated alkanes) is 2. The summed E-state index contributed by atoms with van der Waals surface area (Å²) in [5, 5.41) is 0. The number of aryl methyl sites for hydroxylation is 1. The van der Waals surface area contributed by atoms with Gasteiger partial charge in [-0.3, -0.25) is 0 Å². The first kappa shape index (κ1) is 14.8. The van der Waals surface area contributed by atoms with Crippen LogP contribution in [0.15, 0.2) is 47.7 Å². The van der Waals surface area contributed by atoms with Crippen molar-refractivity contribution in [3.63, 3.8) is 0 Å². The molecular weight excluding hydrogens is 216 g/mol. The fourth-order valence-electron chi connectivity index (χ4n) is 1.96. The summed E-state index contributed by atoms with van der Waals surface area (Å²) in [6, 6.07) is 10.8. The SMILES string of the molecule is CCCC=C=C(CCCC)CCc1ccccc1. The van der Waals surface area contributed by atoms with Crippen molar-refractivity contribution < 1.29 is 0 Å². The van der Waals surface area contributed by atoms with E-state index in [1.165, 1.54) is 36.8 Å². The van der Waals surface area contributed by atoms with Gasteiger partial charge in [0.2, 0.25) is 0 Å². The van der Waals surface area contributed by atoms with Crippen LogP contribution in [0.5, 0.6) is 0 Å². The van der Waals surface area contributed by atoms with Crippen molar-refractivity contribution in [1.29, 1.82) is 0 Å². The summed E-state index contributed by atoms with van der Waals surface area (Å²) in [7, 11) is 0. The van der Waals surface area contributed by atoms with Gasteiger partial charge in [-0.2, -0.15) is 0 Å². The van der Waals surface area contributed by atoms with Gasteiger partial charge < -0.3 is 0 Å². The molecule has 98 valence electrons. The van der Waals surface area contributed by atoms with E-state index in [1.54, 1.807) is 0 Å². The van der Waals surface area contributed by atoms with Gasteiger partial charge in [0.25, 0.3) is 0 Å². The fraction of sp³-hybridized carbons (Fsp3) is 0.500. The van der Waals surface area contributed by atoms with E-state index >= 15 is 0 Å². The van der Waals surface area contributed by atoms with Crippen molar-refractivity contribution in [2.45, 2.75) is 58.8 Å². The van der Waals surface area contributed by atoms with E-state index in [0.29, 0.717) is 0 Å². The van der Waals surface area contributed by atoms with E-state index in [1.807, 2.05) is 0 Å². The van der Waals surface area contributed by atoms with E-state index in [9.17, 15) is 0 Å². The van der Waals surface area contributed by atoms with Gasteiger partial charge in [-0.05, 0) is 49.3 Å². The molecule has 0 atom stereocenters. The van der Waals surface area contributed by atoms with Gasteiger partial charge in [-0.1, -0.05) is 57.0 Å². The average molecular weight is 242 g/mol. The highest BCUT2D eigenvalue weighted by Crippen LogP contribution is 2.14. The summed E-state index contributed by atoms with van der Waals surface area (Å²) in [6.45, 7) is 4.47. The topological polar surface area (TPSA) is 0 Å². The molecule has 0 N–H and O–H groups in total. The predicted octanol–water partition coefficient (Wildman–Crippen LogP) is 5.69. The zero-order chi connectivity index (χ0) is 13.1. The van der Waals surface area contributed by atoms with Crippen molar-refractivity contribution in [1.82, 2.24) is 0 Å². The molecule has 0 amide bonds.